The third kappa shape index (κ3) is 4.43. The third-order valence-corrected chi connectivity index (χ3v) is 8.51. The SMILES string of the molecule is c1ccc(-c2ccc3oc4ccc(-c5nc(-c6ccccc6)nc(-c6ccc7ccc8ccccc8c7c6)n5)cc4c3c2)cc1. The van der Waals surface area contributed by atoms with Crippen molar-refractivity contribution in [1.82, 2.24) is 15.0 Å². The van der Waals surface area contributed by atoms with Gasteiger partial charge in [-0.05, 0) is 69.1 Å². The van der Waals surface area contributed by atoms with Crippen LogP contribution in [0.15, 0.2) is 156 Å². The fraction of sp³-hybridized carbons (Fsp3) is 0. The van der Waals surface area contributed by atoms with Crippen LogP contribution in [0, 0.1) is 0 Å². The number of fused-ring (bicyclic) bond motifs is 6. The van der Waals surface area contributed by atoms with Gasteiger partial charge < -0.3 is 4.42 Å². The van der Waals surface area contributed by atoms with Crippen LogP contribution in [0.1, 0.15) is 0 Å². The van der Waals surface area contributed by atoms with E-state index in [0.29, 0.717) is 17.5 Å². The lowest BCUT2D eigenvalue weighted by molar-refractivity contribution is 0.669. The van der Waals surface area contributed by atoms with Gasteiger partial charge in [0.15, 0.2) is 17.5 Å². The van der Waals surface area contributed by atoms with Crippen molar-refractivity contribution >= 4 is 43.5 Å². The van der Waals surface area contributed by atoms with Gasteiger partial charge in [0.05, 0.1) is 0 Å². The van der Waals surface area contributed by atoms with E-state index in [2.05, 4.69) is 103 Å². The summed E-state index contributed by atoms with van der Waals surface area (Å²) >= 11 is 0. The molecule has 7 aromatic carbocycles. The topological polar surface area (TPSA) is 51.8 Å². The Morgan fingerprint density at radius 1 is 0.311 bits per heavy atom. The molecule has 2 heterocycles. The summed E-state index contributed by atoms with van der Waals surface area (Å²) in [5, 5.41) is 6.87. The number of furan rings is 1. The highest BCUT2D eigenvalue weighted by Gasteiger charge is 2.16. The monoisotopic (exact) mass is 575 g/mol. The molecule has 0 fully saturated rings. The molecule has 0 aliphatic heterocycles. The van der Waals surface area contributed by atoms with Gasteiger partial charge in [-0.2, -0.15) is 0 Å². The van der Waals surface area contributed by atoms with Crippen molar-refractivity contribution in [3.63, 3.8) is 0 Å². The number of rotatable bonds is 4. The van der Waals surface area contributed by atoms with Gasteiger partial charge in [0.1, 0.15) is 11.2 Å². The average Bonchev–Trinajstić information content (AvgIpc) is 3.49. The smallest absolute Gasteiger partial charge is 0.164 e. The standard InChI is InChI=1S/C41H25N3O/c1-3-9-26(10-4-1)30-19-21-37-35(23-30)36-25-32(20-22-38(36)45-37)41-43-39(29-12-5-2-6-13-29)42-40(44-41)31-18-17-28-16-15-27-11-7-8-14-33(27)34(28)24-31/h1-25H. The summed E-state index contributed by atoms with van der Waals surface area (Å²) in [5.41, 5.74) is 6.79. The first-order chi connectivity index (χ1) is 22.3. The molecule has 0 N–H and O–H groups in total. The van der Waals surface area contributed by atoms with Crippen molar-refractivity contribution in [3.05, 3.63) is 152 Å². The van der Waals surface area contributed by atoms with Crippen molar-refractivity contribution in [1.29, 1.82) is 0 Å². The molecule has 0 aliphatic carbocycles. The van der Waals surface area contributed by atoms with Crippen LogP contribution in [0.25, 0.3) is 88.8 Å². The largest absolute Gasteiger partial charge is 0.456 e. The third-order valence-electron chi connectivity index (χ3n) is 8.51. The zero-order chi connectivity index (χ0) is 29.7. The fourth-order valence-corrected chi connectivity index (χ4v) is 6.22. The number of nitrogens with zero attached hydrogens (tertiary/aromatic N) is 3. The minimum absolute atomic E-state index is 0.618. The molecule has 0 radical (unpaired) electrons. The molecule has 0 spiro atoms. The van der Waals surface area contributed by atoms with Gasteiger partial charge >= 0.3 is 0 Å². The minimum Gasteiger partial charge on any atom is -0.456 e. The van der Waals surface area contributed by atoms with E-state index in [-0.39, 0.29) is 0 Å². The Labute approximate surface area is 259 Å². The highest BCUT2D eigenvalue weighted by molar-refractivity contribution is 6.09. The molecular formula is C41H25N3O. The first kappa shape index (κ1) is 25.4. The molecule has 45 heavy (non-hydrogen) atoms. The van der Waals surface area contributed by atoms with Gasteiger partial charge in [0, 0.05) is 27.5 Å². The quantitative estimate of drug-likeness (QED) is 0.196. The van der Waals surface area contributed by atoms with Crippen LogP contribution in [0.2, 0.25) is 0 Å². The molecule has 0 bridgehead atoms. The second kappa shape index (κ2) is 10.2. The first-order valence-electron chi connectivity index (χ1n) is 15.0. The molecule has 4 heteroatoms. The van der Waals surface area contributed by atoms with Gasteiger partial charge in [-0.25, -0.2) is 15.0 Å². The van der Waals surface area contributed by atoms with Gasteiger partial charge in [-0.1, -0.05) is 115 Å². The Kier molecular flexibility index (Phi) is 5.78. The summed E-state index contributed by atoms with van der Waals surface area (Å²) in [6.45, 7) is 0. The highest BCUT2D eigenvalue weighted by Crippen LogP contribution is 2.36. The van der Waals surface area contributed by atoms with E-state index in [9.17, 15) is 0 Å². The van der Waals surface area contributed by atoms with Gasteiger partial charge in [0.25, 0.3) is 0 Å². The summed E-state index contributed by atoms with van der Waals surface area (Å²) < 4.78 is 6.24. The maximum absolute atomic E-state index is 6.24. The molecule has 0 atom stereocenters. The first-order valence-corrected chi connectivity index (χ1v) is 15.0. The predicted octanol–water partition coefficient (Wildman–Crippen LogP) is 10.7. The lowest BCUT2D eigenvalue weighted by Gasteiger charge is -2.10. The van der Waals surface area contributed by atoms with Crippen LogP contribution in [-0.2, 0) is 0 Å². The Morgan fingerprint density at radius 3 is 1.47 bits per heavy atom. The molecule has 2 aromatic heterocycles. The predicted molar refractivity (Wildman–Crippen MR) is 184 cm³/mol. The van der Waals surface area contributed by atoms with E-state index in [1.165, 1.54) is 27.1 Å². The molecule has 0 unspecified atom stereocenters. The Balaban J connectivity index is 1.23. The van der Waals surface area contributed by atoms with Crippen LogP contribution in [0.4, 0.5) is 0 Å². The van der Waals surface area contributed by atoms with Crippen molar-refractivity contribution in [3.8, 4) is 45.3 Å². The van der Waals surface area contributed by atoms with Crippen LogP contribution in [-0.4, -0.2) is 15.0 Å². The maximum Gasteiger partial charge on any atom is 0.164 e. The Morgan fingerprint density at radius 2 is 0.778 bits per heavy atom. The second-order valence-electron chi connectivity index (χ2n) is 11.3. The maximum atomic E-state index is 6.24. The van der Waals surface area contributed by atoms with Crippen molar-refractivity contribution in [2.24, 2.45) is 0 Å². The molecule has 0 saturated carbocycles. The number of benzene rings is 7. The lowest BCUT2D eigenvalue weighted by atomic mass is 10.00. The molecular weight excluding hydrogens is 550 g/mol. The van der Waals surface area contributed by atoms with E-state index in [1.54, 1.807) is 0 Å². The van der Waals surface area contributed by atoms with Crippen LogP contribution in [0.5, 0.6) is 0 Å². The van der Waals surface area contributed by atoms with Crippen molar-refractivity contribution < 1.29 is 4.42 Å². The van der Waals surface area contributed by atoms with Crippen LogP contribution >= 0.6 is 0 Å². The minimum atomic E-state index is 0.618. The van der Waals surface area contributed by atoms with Crippen molar-refractivity contribution in [2.45, 2.75) is 0 Å². The Hall–Kier alpha value is -6.13. The van der Waals surface area contributed by atoms with E-state index in [1.807, 2.05) is 48.5 Å². The van der Waals surface area contributed by atoms with Gasteiger partial charge in [-0.15, -0.1) is 0 Å². The van der Waals surface area contributed by atoms with Crippen LogP contribution < -0.4 is 0 Å². The normalized spacial score (nSPS) is 11.6. The zero-order valence-electron chi connectivity index (χ0n) is 24.2. The van der Waals surface area contributed by atoms with Crippen LogP contribution in [0.3, 0.4) is 0 Å². The molecule has 9 rings (SSSR count). The van der Waals surface area contributed by atoms with E-state index in [0.717, 1.165) is 44.2 Å². The molecule has 210 valence electrons. The summed E-state index contributed by atoms with van der Waals surface area (Å²) in [4.78, 5) is 15.1. The molecule has 0 saturated heterocycles. The summed E-state index contributed by atoms with van der Waals surface area (Å²) in [6.07, 6.45) is 0. The second-order valence-corrected chi connectivity index (χ2v) is 11.3. The summed E-state index contributed by atoms with van der Waals surface area (Å²) in [6, 6.07) is 52.3. The van der Waals surface area contributed by atoms with Gasteiger partial charge in [-0.3, -0.25) is 0 Å². The summed E-state index contributed by atoms with van der Waals surface area (Å²) in [7, 11) is 0. The Bertz CT molecular complexity index is 2540. The van der Waals surface area contributed by atoms with E-state index in [4.69, 9.17) is 19.4 Å². The number of aromatic nitrogens is 3. The number of hydrogen-bond donors (Lipinski definition) is 0. The molecule has 0 aliphatic rings. The fourth-order valence-electron chi connectivity index (χ4n) is 6.22. The lowest BCUT2D eigenvalue weighted by Crippen LogP contribution is -2.00. The molecule has 4 nitrogen and oxygen atoms in total. The summed E-state index contributed by atoms with van der Waals surface area (Å²) in [5.74, 6) is 1.89. The van der Waals surface area contributed by atoms with E-state index >= 15 is 0 Å². The highest BCUT2D eigenvalue weighted by atomic mass is 16.3. The number of hydrogen-bond acceptors (Lipinski definition) is 4. The average molecular weight is 576 g/mol. The van der Waals surface area contributed by atoms with E-state index < -0.39 is 0 Å². The zero-order valence-corrected chi connectivity index (χ0v) is 24.2. The van der Waals surface area contributed by atoms with Gasteiger partial charge in [0.2, 0.25) is 0 Å². The van der Waals surface area contributed by atoms with Crippen molar-refractivity contribution in [2.75, 3.05) is 0 Å². The molecule has 9 aromatic rings. The molecule has 0 amide bonds.